The van der Waals surface area contributed by atoms with Crippen molar-refractivity contribution >= 4 is 23.2 Å². The molecule has 0 aliphatic carbocycles. The second kappa shape index (κ2) is 6.58. The van der Waals surface area contributed by atoms with Crippen LogP contribution in [0.25, 0.3) is 0 Å². The van der Waals surface area contributed by atoms with Crippen molar-refractivity contribution in [3.63, 3.8) is 0 Å². The van der Waals surface area contributed by atoms with E-state index in [2.05, 4.69) is 0 Å². The average molecular weight is 141 g/mol. The molecule has 0 atom stereocenters. The normalized spacial score (nSPS) is 9.43. The van der Waals surface area contributed by atoms with Crippen LogP contribution in [0.5, 0.6) is 0 Å². The highest BCUT2D eigenvalue weighted by Crippen LogP contribution is 1.97. The molecule has 0 N–H and O–H groups in total. The Labute approximate surface area is 54.8 Å². The Balaban J connectivity index is 2.45. The maximum atomic E-state index is 5.39. The fraction of sp³-hybridized carbons (Fsp3) is 1.00. The molecule has 0 radical (unpaired) electrons. The van der Waals surface area contributed by atoms with E-state index in [4.69, 9.17) is 23.2 Å². The van der Waals surface area contributed by atoms with Crippen molar-refractivity contribution < 1.29 is 0 Å². The molecule has 2 heteroatoms. The highest BCUT2D eigenvalue weighted by atomic mass is 35.5. The lowest BCUT2D eigenvalue weighted by atomic mass is 10.3. The van der Waals surface area contributed by atoms with Crippen LogP contribution in [0.15, 0.2) is 0 Å². The predicted octanol–water partition coefficient (Wildman–Crippen LogP) is 2.63. The van der Waals surface area contributed by atoms with Crippen LogP contribution in [-0.2, 0) is 0 Å². The molecule has 0 rings (SSSR count). The topological polar surface area (TPSA) is 0 Å². The van der Waals surface area contributed by atoms with Gasteiger partial charge in [0.1, 0.15) is 0 Å². The third kappa shape index (κ3) is 6.58. The summed E-state index contributed by atoms with van der Waals surface area (Å²) in [6.07, 6.45) is 3.38. The summed E-state index contributed by atoms with van der Waals surface area (Å²) >= 11 is 10.8. The molecule has 0 aromatic rings. The standard InChI is InChI=1S/C5H10Cl2/c6-4-2-1-3-5-7/h1-5H2. The summed E-state index contributed by atoms with van der Waals surface area (Å²) < 4.78 is 0. The Morgan fingerprint density at radius 1 is 0.714 bits per heavy atom. The fourth-order valence-electron chi connectivity index (χ4n) is 0.366. The van der Waals surface area contributed by atoms with Crippen molar-refractivity contribution in [3.8, 4) is 0 Å². The summed E-state index contributed by atoms with van der Waals surface area (Å²) in [4.78, 5) is 0. The van der Waals surface area contributed by atoms with Crippen LogP contribution in [0.3, 0.4) is 0 Å². The van der Waals surface area contributed by atoms with Crippen LogP contribution in [0.1, 0.15) is 19.3 Å². The van der Waals surface area contributed by atoms with E-state index >= 15 is 0 Å². The molecule has 0 aromatic heterocycles. The van der Waals surface area contributed by atoms with Crippen molar-refractivity contribution in [1.29, 1.82) is 0 Å². The molecule has 0 amide bonds. The molecule has 0 bridgehead atoms. The second-order valence-corrected chi connectivity index (χ2v) is 2.19. The summed E-state index contributed by atoms with van der Waals surface area (Å²) in [7, 11) is 0. The van der Waals surface area contributed by atoms with Gasteiger partial charge in [-0.05, 0) is 12.8 Å². The van der Waals surface area contributed by atoms with Crippen molar-refractivity contribution in [1.82, 2.24) is 0 Å². The van der Waals surface area contributed by atoms with Crippen molar-refractivity contribution in [2.45, 2.75) is 19.3 Å². The molecule has 0 aliphatic heterocycles. The van der Waals surface area contributed by atoms with Crippen molar-refractivity contribution in [3.05, 3.63) is 0 Å². The molecule has 0 spiro atoms. The molecule has 0 nitrogen and oxygen atoms in total. The van der Waals surface area contributed by atoms with E-state index in [0.29, 0.717) is 0 Å². The third-order valence-corrected chi connectivity index (χ3v) is 1.30. The lowest BCUT2D eigenvalue weighted by Gasteiger charge is -1.88. The number of alkyl halides is 2. The minimum Gasteiger partial charge on any atom is -0.127 e. The van der Waals surface area contributed by atoms with E-state index in [0.717, 1.165) is 24.6 Å². The smallest absolute Gasteiger partial charge is 0.0223 e. The third-order valence-electron chi connectivity index (χ3n) is 0.767. The molecule has 7 heavy (non-hydrogen) atoms. The maximum absolute atomic E-state index is 5.39. The predicted molar refractivity (Wildman–Crippen MR) is 35.3 cm³/mol. The molecule has 0 saturated heterocycles. The molecular formula is C5H10Cl2. The van der Waals surface area contributed by atoms with Gasteiger partial charge in [-0.15, -0.1) is 23.2 Å². The van der Waals surface area contributed by atoms with E-state index < -0.39 is 0 Å². The van der Waals surface area contributed by atoms with Crippen LogP contribution >= 0.6 is 23.2 Å². The fourth-order valence-corrected chi connectivity index (χ4v) is 0.744. The largest absolute Gasteiger partial charge is 0.127 e. The first-order valence-electron chi connectivity index (χ1n) is 2.53. The first kappa shape index (κ1) is 7.58. The minimum absolute atomic E-state index is 0.775. The second-order valence-electron chi connectivity index (χ2n) is 1.44. The summed E-state index contributed by atoms with van der Waals surface area (Å²) in [5.41, 5.74) is 0. The van der Waals surface area contributed by atoms with Gasteiger partial charge in [0.25, 0.3) is 0 Å². The number of halogens is 2. The van der Waals surface area contributed by atoms with Gasteiger partial charge in [0.2, 0.25) is 0 Å². The Bertz CT molecular complexity index is 25.3. The van der Waals surface area contributed by atoms with E-state index in [1.807, 2.05) is 0 Å². The first-order valence-corrected chi connectivity index (χ1v) is 3.60. The quantitative estimate of drug-likeness (QED) is 0.417. The Morgan fingerprint density at radius 3 is 1.43 bits per heavy atom. The van der Waals surface area contributed by atoms with E-state index in [-0.39, 0.29) is 0 Å². The molecule has 0 heterocycles. The van der Waals surface area contributed by atoms with Gasteiger partial charge in [-0.3, -0.25) is 0 Å². The average Bonchev–Trinajstić information content (AvgIpc) is 1.69. The monoisotopic (exact) mass is 140 g/mol. The highest BCUT2D eigenvalue weighted by Gasteiger charge is 1.82. The molecular weight excluding hydrogens is 131 g/mol. The lowest BCUT2D eigenvalue weighted by molar-refractivity contribution is 0.780. The van der Waals surface area contributed by atoms with Crippen LogP contribution in [-0.4, -0.2) is 11.8 Å². The van der Waals surface area contributed by atoms with Gasteiger partial charge in [-0.2, -0.15) is 0 Å². The number of unbranched alkanes of at least 4 members (excludes halogenated alkanes) is 2. The summed E-state index contributed by atoms with van der Waals surface area (Å²) in [5.74, 6) is 1.55. The van der Waals surface area contributed by atoms with Crippen LogP contribution in [0, 0.1) is 0 Å². The summed E-state index contributed by atoms with van der Waals surface area (Å²) in [6, 6.07) is 0. The summed E-state index contributed by atoms with van der Waals surface area (Å²) in [5, 5.41) is 0. The lowest BCUT2D eigenvalue weighted by Crippen LogP contribution is -1.77. The molecule has 0 saturated carbocycles. The molecule has 0 unspecified atom stereocenters. The SMILES string of the molecule is ClCCCCCCl. The van der Waals surface area contributed by atoms with Gasteiger partial charge in [0, 0.05) is 11.8 Å². The van der Waals surface area contributed by atoms with Gasteiger partial charge in [-0.1, -0.05) is 6.42 Å². The van der Waals surface area contributed by atoms with Crippen molar-refractivity contribution in [2.24, 2.45) is 0 Å². The zero-order valence-electron chi connectivity index (χ0n) is 4.29. The maximum Gasteiger partial charge on any atom is 0.0223 e. The van der Waals surface area contributed by atoms with Crippen molar-refractivity contribution in [2.75, 3.05) is 11.8 Å². The van der Waals surface area contributed by atoms with E-state index in [9.17, 15) is 0 Å². The molecule has 0 aliphatic rings. The zero-order chi connectivity index (χ0) is 5.54. The zero-order valence-corrected chi connectivity index (χ0v) is 5.80. The first-order chi connectivity index (χ1) is 3.41. The minimum atomic E-state index is 0.775. The van der Waals surface area contributed by atoms with Gasteiger partial charge < -0.3 is 0 Å². The van der Waals surface area contributed by atoms with Gasteiger partial charge in [0.15, 0.2) is 0 Å². The molecule has 0 aromatic carbocycles. The Kier molecular flexibility index (Phi) is 7.13. The van der Waals surface area contributed by atoms with Gasteiger partial charge in [0.05, 0.1) is 0 Å². The van der Waals surface area contributed by atoms with E-state index in [1.165, 1.54) is 6.42 Å². The Hall–Kier alpha value is 0.580. The molecule has 0 fully saturated rings. The van der Waals surface area contributed by atoms with Crippen LogP contribution in [0.4, 0.5) is 0 Å². The number of hydrogen-bond acceptors (Lipinski definition) is 0. The number of hydrogen-bond donors (Lipinski definition) is 0. The Morgan fingerprint density at radius 2 is 1.14 bits per heavy atom. The van der Waals surface area contributed by atoms with Crippen LogP contribution < -0.4 is 0 Å². The number of rotatable bonds is 4. The van der Waals surface area contributed by atoms with Crippen LogP contribution in [0.2, 0.25) is 0 Å². The summed E-state index contributed by atoms with van der Waals surface area (Å²) in [6.45, 7) is 0. The van der Waals surface area contributed by atoms with Gasteiger partial charge >= 0.3 is 0 Å². The highest BCUT2D eigenvalue weighted by molar-refractivity contribution is 6.18. The molecule has 44 valence electrons. The van der Waals surface area contributed by atoms with E-state index in [1.54, 1.807) is 0 Å². The van der Waals surface area contributed by atoms with Gasteiger partial charge in [-0.25, -0.2) is 0 Å².